The highest BCUT2D eigenvalue weighted by molar-refractivity contribution is 5.77. The first-order chi connectivity index (χ1) is 10.3. The van der Waals surface area contributed by atoms with E-state index in [0.29, 0.717) is 25.0 Å². The van der Waals surface area contributed by atoms with Crippen molar-refractivity contribution in [2.75, 3.05) is 26.2 Å². The van der Waals surface area contributed by atoms with Crippen LogP contribution in [0.5, 0.6) is 0 Å². The number of likely N-dealkylation sites (tertiary alicyclic amines) is 1. The minimum Gasteiger partial charge on any atom is -0.444 e. The number of ether oxygens (including phenoxy) is 1. The van der Waals surface area contributed by atoms with Crippen LogP contribution >= 0.6 is 0 Å². The van der Waals surface area contributed by atoms with Gasteiger partial charge in [0.15, 0.2) is 5.96 Å². The third-order valence-corrected chi connectivity index (χ3v) is 4.25. The summed E-state index contributed by atoms with van der Waals surface area (Å²) in [5, 5.41) is 3.20. The summed E-state index contributed by atoms with van der Waals surface area (Å²) in [6.45, 7) is 8.71. The molecule has 0 bridgehead atoms. The third kappa shape index (κ3) is 5.39. The molecule has 1 aliphatic carbocycles. The average molecular weight is 310 g/mol. The van der Waals surface area contributed by atoms with Gasteiger partial charge in [0, 0.05) is 26.2 Å². The summed E-state index contributed by atoms with van der Waals surface area (Å²) in [4.78, 5) is 18.2. The first kappa shape index (κ1) is 16.9. The van der Waals surface area contributed by atoms with Crippen LogP contribution in [0.2, 0.25) is 0 Å². The first-order valence-corrected chi connectivity index (χ1v) is 8.35. The number of nitrogens with zero attached hydrogens (tertiary/aromatic N) is 2. The number of guanidine groups is 1. The molecule has 6 heteroatoms. The smallest absolute Gasteiger partial charge is 0.410 e. The maximum Gasteiger partial charge on any atom is 0.410 e. The van der Waals surface area contributed by atoms with Crippen molar-refractivity contribution in [1.82, 2.24) is 10.2 Å². The molecule has 0 aromatic heterocycles. The highest BCUT2D eigenvalue weighted by Crippen LogP contribution is 2.25. The van der Waals surface area contributed by atoms with Crippen LogP contribution in [0, 0.1) is 11.8 Å². The lowest BCUT2D eigenvalue weighted by molar-refractivity contribution is 0.0289. The fraction of sp³-hybridized carbons (Fsp3) is 0.875. The molecule has 6 nitrogen and oxygen atoms in total. The molecule has 22 heavy (non-hydrogen) atoms. The Kier molecular flexibility index (Phi) is 5.53. The van der Waals surface area contributed by atoms with Crippen molar-refractivity contribution < 1.29 is 9.53 Å². The Morgan fingerprint density at radius 3 is 2.64 bits per heavy atom. The maximum atomic E-state index is 12.0. The minimum atomic E-state index is -0.441. The molecule has 2 fully saturated rings. The molecule has 0 aromatic rings. The standard InChI is InChI=1S/C16H30N4O2/c1-16(2,3)22-15(21)20-8-7-13(11-20)10-19-14(17)18-9-12-5-4-6-12/h12-13H,4-11H2,1-3H3,(H3,17,18,19). The van der Waals surface area contributed by atoms with E-state index in [2.05, 4.69) is 10.3 Å². The molecule has 1 heterocycles. The summed E-state index contributed by atoms with van der Waals surface area (Å²) in [5.74, 6) is 1.67. The molecule has 2 aliphatic rings. The van der Waals surface area contributed by atoms with Gasteiger partial charge in [0.25, 0.3) is 0 Å². The average Bonchev–Trinajstić information content (AvgIpc) is 2.81. The summed E-state index contributed by atoms with van der Waals surface area (Å²) in [5.41, 5.74) is 5.45. The topological polar surface area (TPSA) is 80.0 Å². The van der Waals surface area contributed by atoms with Crippen LogP contribution in [0.1, 0.15) is 46.5 Å². The van der Waals surface area contributed by atoms with E-state index in [4.69, 9.17) is 10.5 Å². The van der Waals surface area contributed by atoms with E-state index in [1.165, 1.54) is 19.3 Å². The quantitative estimate of drug-likeness (QED) is 0.614. The molecular weight excluding hydrogens is 280 g/mol. The van der Waals surface area contributed by atoms with E-state index in [0.717, 1.165) is 25.4 Å². The molecule has 1 atom stereocenters. The number of rotatable bonds is 4. The summed E-state index contributed by atoms with van der Waals surface area (Å²) in [6.07, 6.45) is 4.67. The minimum absolute atomic E-state index is 0.227. The number of nitrogens with two attached hydrogens (primary N) is 1. The molecule has 1 saturated heterocycles. The van der Waals surface area contributed by atoms with Gasteiger partial charge >= 0.3 is 6.09 Å². The zero-order chi connectivity index (χ0) is 16.2. The molecule has 1 saturated carbocycles. The molecule has 126 valence electrons. The number of carbonyl (C=O) groups is 1. The second kappa shape index (κ2) is 7.20. The van der Waals surface area contributed by atoms with Gasteiger partial charge < -0.3 is 20.7 Å². The van der Waals surface area contributed by atoms with Gasteiger partial charge in [0.2, 0.25) is 0 Å². The second-order valence-corrected chi connectivity index (χ2v) is 7.48. The normalized spacial score (nSPS) is 23.3. The maximum absolute atomic E-state index is 12.0. The molecule has 1 amide bonds. The van der Waals surface area contributed by atoms with Gasteiger partial charge in [-0.1, -0.05) is 6.42 Å². The second-order valence-electron chi connectivity index (χ2n) is 7.48. The van der Waals surface area contributed by atoms with E-state index in [1.54, 1.807) is 4.90 Å². The lowest BCUT2D eigenvalue weighted by atomic mass is 9.85. The Balaban J connectivity index is 1.67. The number of amides is 1. The number of nitrogens with one attached hydrogen (secondary N) is 1. The van der Waals surface area contributed by atoms with Gasteiger partial charge in [0.05, 0.1) is 0 Å². The Bertz CT molecular complexity index is 413. The Hall–Kier alpha value is -1.46. The van der Waals surface area contributed by atoms with E-state index in [9.17, 15) is 4.79 Å². The van der Waals surface area contributed by atoms with Gasteiger partial charge in [-0.3, -0.25) is 4.99 Å². The van der Waals surface area contributed by atoms with Crippen LogP contribution in [-0.2, 0) is 4.74 Å². The molecule has 1 aliphatic heterocycles. The van der Waals surface area contributed by atoms with Crippen molar-refractivity contribution in [2.45, 2.75) is 52.1 Å². The zero-order valence-corrected chi connectivity index (χ0v) is 14.1. The fourth-order valence-corrected chi connectivity index (χ4v) is 2.70. The van der Waals surface area contributed by atoms with E-state index in [1.807, 2.05) is 20.8 Å². The number of aliphatic imine (C=N–C) groups is 1. The molecule has 2 rings (SSSR count). The highest BCUT2D eigenvalue weighted by Gasteiger charge is 2.29. The monoisotopic (exact) mass is 310 g/mol. The van der Waals surface area contributed by atoms with Crippen molar-refractivity contribution in [3.8, 4) is 0 Å². The molecule has 1 unspecified atom stereocenters. The Labute approximate surface area is 133 Å². The van der Waals surface area contributed by atoms with Crippen LogP contribution in [0.25, 0.3) is 0 Å². The lowest BCUT2D eigenvalue weighted by Crippen LogP contribution is -2.38. The van der Waals surface area contributed by atoms with Crippen LogP contribution in [0.3, 0.4) is 0 Å². The molecular formula is C16H30N4O2. The fourth-order valence-electron chi connectivity index (χ4n) is 2.70. The van der Waals surface area contributed by atoms with E-state index < -0.39 is 5.60 Å². The number of hydrogen-bond acceptors (Lipinski definition) is 3. The van der Waals surface area contributed by atoms with Crippen LogP contribution in [0.4, 0.5) is 4.79 Å². The summed E-state index contributed by atoms with van der Waals surface area (Å²) in [6, 6.07) is 0. The zero-order valence-electron chi connectivity index (χ0n) is 14.1. The van der Waals surface area contributed by atoms with Crippen molar-refractivity contribution in [2.24, 2.45) is 22.6 Å². The number of hydrogen-bond donors (Lipinski definition) is 2. The van der Waals surface area contributed by atoms with Gasteiger partial charge in [0.1, 0.15) is 5.60 Å². The SMILES string of the molecule is CC(C)(C)OC(=O)N1CCC(CN=C(N)NCC2CCC2)C1. The van der Waals surface area contributed by atoms with Crippen molar-refractivity contribution in [1.29, 1.82) is 0 Å². The van der Waals surface area contributed by atoms with Gasteiger partial charge in [-0.2, -0.15) is 0 Å². The van der Waals surface area contributed by atoms with Crippen LogP contribution < -0.4 is 11.1 Å². The van der Waals surface area contributed by atoms with Crippen molar-refractivity contribution in [3.63, 3.8) is 0 Å². The van der Waals surface area contributed by atoms with Crippen LogP contribution in [0.15, 0.2) is 4.99 Å². The summed E-state index contributed by atoms with van der Waals surface area (Å²) in [7, 11) is 0. The van der Waals surface area contributed by atoms with Crippen molar-refractivity contribution in [3.05, 3.63) is 0 Å². The predicted molar refractivity (Wildman–Crippen MR) is 87.7 cm³/mol. The van der Waals surface area contributed by atoms with Gasteiger partial charge in [-0.25, -0.2) is 4.79 Å². The molecule has 3 N–H and O–H groups in total. The van der Waals surface area contributed by atoms with Gasteiger partial charge in [-0.15, -0.1) is 0 Å². The first-order valence-electron chi connectivity index (χ1n) is 8.35. The summed E-state index contributed by atoms with van der Waals surface area (Å²) < 4.78 is 5.39. The Morgan fingerprint density at radius 1 is 1.32 bits per heavy atom. The Morgan fingerprint density at radius 2 is 2.05 bits per heavy atom. The summed E-state index contributed by atoms with van der Waals surface area (Å²) >= 11 is 0. The third-order valence-electron chi connectivity index (χ3n) is 4.25. The van der Waals surface area contributed by atoms with Crippen LogP contribution in [-0.4, -0.2) is 48.7 Å². The van der Waals surface area contributed by atoms with Gasteiger partial charge in [-0.05, 0) is 51.9 Å². The van der Waals surface area contributed by atoms with E-state index >= 15 is 0 Å². The molecule has 0 aromatic carbocycles. The lowest BCUT2D eigenvalue weighted by Gasteiger charge is -2.25. The largest absolute Gasteiger partial charge is 0.444 e. The predicted octanol–water partition coefficient (Wildman–Crippen LogP) is 1.95. The number of carbonyl (C=O) groups excluding carboxylic acids is 1. The highest BCUT2D eigenvalue weighted by atomic mass is 16.6. The van der Waals surface area contributed by atoms with Crippen molar-refractivity contribution >= 4 is 12.1 Å². The molecule has 0 spiro atoms. The molecule has 0 radical (unpaired) electrons. The van der Waals surface area contributed by atoms with E-state index in [-0.39, 0.29) is 6.09 Å².